The van der Waals surface area contributed by atoms with Gasteiger partial charge < -0.3 is 16.2 Å². The Balaban J connectivity index is 2.41. The van der Waals surface area contributed by atoms with Gasteiger partial charge in [0, 0.05) is 10.2 Å². The normalized spacial score (nSPS) is 11.9. The Hall–Kier alpha value is -1.12. The second-order valence-electron chi connectivity index (χ2n) is 3.63. The molecule has 0 aliphatic carbocycles. The predicted octanol–water partition coefficient (Wildman–Crippen LogP) is 1.67. The van der Waals surface area contributed by atoms with Crippen molar-refractivity contribution in [3.05, 3.63) is 28.5 Å². The molecule has 1 aromatic rings. The average Bonchev–Trinajstić information content (AvgIpc) is 2.32. The molecule has 0 spiro atoms. The number of thioether (sulfide) groups is 1. The summed E-state index contributed by atoms with van der Waals surface area (Å²) in [6, 6.07) is 3.27. The topological polar surface area (TPSA) is 92.4 Å². The molecule has 8 heteroatoms. The summed E-state index contributed by atoms with van der Waals surface area (Å²) in [5.74, 6) is -1.95. The Morgan fingerprint density at radius 2 is 2.21 bits per heavy atom. The Labute approximate surface area is 121 Å². The van der Waals surface area contributed by atoms with Gasteiger partial charge in [-0.1, -0.05) is 15.9 Å². The van der Waals surface area contributed by atoms with E-state index in [0.29, 0.717) is 4.47 Å². The standard InChI is InChI=1S/C11H12BrFN2O3S/c12-6-1-2-9(7(13)3-6)15-10(16)5-19-4-8(14)11(17)18/h1-3,8H,4-5,14H2,(H,15,16)(H,17,18)/t8-/m0/s1. The van der Waals surface area contributed by atoms with Crippen molar-refractivity contribution in [1.29, 1.82) is 0 Å². The molecule has 0 bridgehead atoms. The molecule has 0 saturated heterocycles. The molecule has 1 aromatic carbocycles. The fraction of sp³-hybridized carbons (Fsp3) is 0.273. The van der Waals surface area contributed by atoms with Crippen LogP contribution in [0.1, 0.15) is 0 Å². The Bertz CT molecular complexity index is 487. The van der Waals surface area contributed by atoms with Crippen molar-refractivity contribution in [1.82, 2.24) is 0 Å². The Morgan fingerprint density at radius 1 is 1.53 bits per heavy atom. The van der Waals surface area contributed by atoms with Gasteiger partial charge in [-0.15, -0.1) is 11.8 Å². The fourth-order valence-electron chi connectivity index (χ4n) is 1.13. The maximum atomic E-state index is 13.4. The molecule has 0 heterocycles. The molecule has 0 aromatic heterocycles. The molecule has 1 rings (SSSR count). The van der Waals surface area contributed by atoms with Crippen LogP contribution >= 0.6 is 27.7 Å². The first-order valence-electron chi connectivity index (χ1n) is 5.21. The molecule has 19 heavy (non-hydrogen) atoms. The average molecular weight is 351 g/mol. The number of carbonyl (C=O) groups excluding carboxylic acids is 1. The summed E-state index contributed by atoms with van der Waals surface area (Å²) in [7, 11) is 0. The SMILES string of the molecule is N[C@@H](CSCC(=O)Nc1ccc(Br)cc1F)C(=O)O. The number of carboxylic acids is 1. The molecule has 0 unspecified atom stereocenters. The lowest BCUT2D eigenvalue weighted by atomic mass is 10.3. The molecule has 0 fully saturated rings. The number of nitrogens with two attached hydrogens (primary N) is 1. The maximum absolute atomic E-state index is 13.4. The van der Waals surface area contributed by atoms with Gasteiger partial charge in [-0.3, -0.25) is 9.59 Å². The minimum atomic E-state index is -1.12. The van der Waals surface area contributed by atoms with E-state index in [0.717, 1.165) is 11.8 Å². The van der Waals surface area contributed by atoms with Gasteiger partial charge in [-0.25, -0.2) is 4.39 Å². The number of hydrogen-bond acceptors (Lipinski definition) is 4. The molecule has 5 nitrogen and oxygen atoms in total. The monoisotopic (exact) mass is 350 g/mol. The zero-order chi connectivity index (χ0) is 14.4. The maximum Gasteiger partial charge on any atom is 0.321 e. The molecule has 104 valence electrons. The number of hydrogen-bond donors (Lipinski definition) is 3. The Morgan fingerprint density at radius 3 is 2.79 bits per heavy atom. The number of anilines is 1. The minimum Gasteiger partial charge on any atom is -0.480 e. The number of rotatable bonds is 6. The van der Waals surface area contributed by atoms with Crippen molar-refractivity contribution < 1.29 is 19.1 Å². The highest BCUT2D eigenvalue weighted by Crippen LogP contribution is 2.19. The van der Waals surface area contributed by atoms with Crippen LogP contribution < -0.4 is 11.1 Å². The molecule has 4 N–H and O–H groups in total. The lowest BCUT2D eigenvalue weighted by Crippen LogP contribution is -2.33. The fourth-order valence-corrected chi connectivity index (χ4v) is 2.23. The summed E-state index contributed by atoms with van der Waals surface area (Å²) in [4.78, 5) is 22.0. The number of amides is 1. The molecule has 0 saturated carbocycles. The zero-order valence-corrected chi connectivity index (χ0v) is 12.1. The van der Waals surface area contributed by atoms with Gasteiger partial charge in [0.1, 0.15) is 11.9 Å². The van der Waals surface area contributed by atoms with Crippen molar-refractivity contribution in [3.63, 3.8) is 0 Å². The van der Waals surface area contributed by atoms with E-state index in [1.54, 1.807) is 6.07 Å². The third-order valence-corrected chi connectivity index (χ3v) is 3.61. The zero-order valence-electron chi connectivity index (χ0n) is 9.73. The molecule has 0 aliphatic heterocycles. The molecular formula is C11H12BrFN2O3S. The highest BCUT2D eigenvalue weighted by atomic mass is 79.9. The molecule has 0 aliphatic rings. The van der Waals surface area contributed by atoms with E-state index in [9.17, 15) is 14.0 Å². The van der Waals surface area contributed by atoms with Crippen molar-refractivity contribution in [2.75, 3.05) is 16.8 Å². The highest BCUT2D eigenvalue weighted by molar-refractivity contribution is 9.10. The van der Waals surface area contributed by atoms with Crippen molar-refractivity contribution >= 4 is 45.3 Å². The van der Waals surface area contributed by atoms with Crippen molar-refractivity contribution in [2.45, 2.75) is 6.04 Å². The van der Waals surface area contributed by atoms with E-state index in [1.807, 2.05) is 0 Å². The molecule has 0 radical (unpaired) electrons. The largest absolute Gasteiger partial charge is 0.480 e. The smallest absolute Gasteiger partial charge is 0.321 e. The van der Waals surface area contributed by atoms with Crippen LogP contribution in [0.4, 0.5) is 10.1 Å². The number of benzene rings is 1. The summed E-state index contributed by atoms with van der Waals surface area (Å²) < 4.78 is 14.0. The van der Waals surface area contributed by atoms with Gasteiger partial charge in [-0.05, 0) is 18.2 Å². The van der Waals surface area contributed by atoms with Crippen molar-refractivity contribution in [2.24, 2.45) is 5.73 Å². The third-order valence-electron chi connectivity index (χ3n) is 2.05. The first kappa shape index (κ1) is 15.9. The van der Waals surface area contributed by atoms with E-state index >= 15 is 0 Å². The summed E-state index contributed by atoms with van der Waals surface area (Å²) >= 11 is 4.18. The number of nitrogens with one attached hydrogen (secondary N) is 1. The second kappa shape index (κ2) is 7.46. The summed E-state index contributed by atoms with van der Waals surface area (Å²) in [5.41, 5.74) is 5.36. The van der Waals surface area contributed by atoms with Crippen LogP contribution in [0.15, 0.2) is 22.7 Å². The van der Waals surface area contributed by atoms with Crippen LogP contribution in [0.2, 0.25) is 0 Å². The predicted molar refractivity (Wildman–Crippen MR) is 75.7 cm³/mol. The third kappa shape index (κ3) is 5.58. The molecule has 1 atom stereocenters. The van der Waals surface area contributed by atoms with Crippen LogP contribution in [0.25, 0.3) is 0 Å². The minimum absolute atomic E-state index is 0.0104. The molecular weight excluding hydrogens is 339 g/mol. The first-order valence-corrected chi connectivity index (χ1v) is 7.16. The van der Waals surface area contributed by atoms with Crippen LogP contribution in [0.5, 0.6) is 0 Å². The van der Waals surface area contributed by atoms with E-state index in [2.05, 4.69) is 21.2 Å². The van der Waals surface area contributed by atoms with Gasteiger partial charge in [0.2, 0.25) is 5.91 Å². The lowest BCUT2D eigenvalue weighted by molar-refractivity contribution is -0.137. The lowest BCUT2D eigenvalue weighted by Gasteiger charge is -2.08. The van der Waals surface area contributed by atoms with E-state index < -0.39 is 23.7 Å². The van der Waals surface area contributed by atoms with E-state index in [-0.39, 0.29) is 17.2 Å². The van der Waals surface area contributed by atoms with Crippen LogP contribution in [0, 0.1) is 5.82 Å². The Kier molecular flexibility index (Phi) is 6.26. The van der Waals surface area contributed by atoms with Gasteiger partial charge >= 0.3 is 5.97 Å². The van der Waals surface area contributed by atoms with E-state index in [4.69, 9.17) is 10.8 Å². The van der Waals surface area contributed by atoms with Crippen LogP contribution in [-0.4, -0.2) is 34.5 Å². The van der Waals surface area contributed by atoms with Gasteiger partial charge in [-0.2, -0.15) is 0 Å². The van der Waals surface area contributed by atoms with Gasteiger partial charge in [0.05, 0.1) is 11.4 Å². The van der Waals surface area contributed by atoms with E-state index in [1.165, 1.54) is 12.1 Å². The summed E-state index contributed by atoms with van der Waals surface area (Å²) in [6.07, 6.45) is 0. The number of carbonyl (C=O) groups is 2. The number of carboxylic acid groups (broad SMARTS) is 1. The summed E-state index contributed by atoms with van der Waals surface area (Å²) in [5, 5.41) is 10.9. The summed E-state index contributed by atoms with van der Waals surface area (Å²) in [6.45, 7) is 0. The second-order valence-corrected chi connectivity index (χ2v) is 5.58. The molecule has 1 amide bonds. The van der Waals surface area contributed by atoms with Crippen LogP contribution in [-0.2, 0) is 9.59 Å². The number of halogens is 2. The van der Waals surface area contributed by atoms with Crippen molar-refractivity contribution in [3.8, 4) is 0 Å². The first-order chi connectivity index (χ1) is 8.90. The van der Waals surface area contributed by atoms with Gasteiger partial charge in [0.25, 0.3) is 0 Å². The highest BCUT2D eigenvalue weighted by Gasteiger charge is 2.13. The number of aliphatic carboxylic acids is 1. The quantitative estimate of drug-likeness (QED) is 0.725. The van der Waals surface area contributed by atoms with Gasteiger partial charge in [0.15, 0.2) is 0 Å². The van der Waals surface area contributed by atoms with Crippen LogP contribution in [0.3, 0.4) is 0 Å².